The predicted molar refractivity (Wildman–Crippen MR) is 61.4 cm³/mol. The van der Waals surface area contributed by atoms with Gasteiger partial charge in [0, 0.05) is 4.47 Å². The number of hydrogen-bond acceptors (Lipinski definition) is 2. The molecule has 0 spiro atoms. The Bertz CT molecular complexity index is 469. The van der Waals surface area contributed by atoms with Gasteiger partial charge in [0.1, 0.15) is 12.4 Å². The maximum atomic E-state index is 12.4. The van der Waals surface area contributed by atoms with Crippen molar-refractivity contribution in [3.8, 4) is 5.75 Å². The lowest BCUT2D eigenvalue weighted by molar-refractivity contribution is -0.373. The summed E-state index contributed by atoms with van der Waals surface area (Å²) >= 11 is 3.12. The normalized spacial score (nSPS) is 13.4. The largest absolute Gasteiger partial charge is 0.490 e. The quantitative estimate of drug-likeness (QED) is 0.819. The average Bonchev–Trinajstić information content (AvgIpc) is 2.27. The van der Waals surface area contributed by atoms with Gasteiger partial charge in [-0.05, 0) is 30.7 Å². The van der Waals surface area contributed by atoms with Gasteiger partial charge >= 0.3 is 12.4 Å². The Morgan fingerprint density at radius 2 is 1.60 bits per heavy atom. The van der Waals surface area contributed by atoms with Crippen molar-refractivity contribution in [1.29, 1.82) is 0 Å². The fraction of sp³-hybridized carbons (Fsp3) is 0.455. The zero-order valence-corrected chi connectivity index (χ0v) is 11.5. The number of rotatable bonds is 3. The van der Waals surface area contributed by atoms with E-state index < -0.39 is 24.6 Å². The van der Waals surface area contributed by atoms with Crippen molar-refractivity contribution in [3.05, 3.63) is 28.2 Å². The zero-order valence-electron chi connectivity index (χ0n) is 9.94. The second-order valence-electron chi connectivity index (χ2n) is 4.06. The molecule has 0 aromatic heterocycles. The van der Waals surface area contributed by atoms with Crippen LogP contribution in [0, 0.1) is 6.92 Å². The number of ether oxygens (including phenoxy) is 1. The van der Waals surface area contributed by atoms with Crippen LogP contribution in [-0.2, 0) is 0 Å². The maximum Gasteiger partial charge on any atom is 0.429 e. The molecule has 20 heavy (non-hydrogen) atoms. The monoisotopic (exact) mass is 366 g/mol. The topological polar surface area (TPSA) is 29.5 Å². The molecule has 1 aromatic carbocycles. The van der Waals surface area contributed by atoms with E-state index in [2.05, 4.69) is 20.7 Å². The highest BCUT2D eigenvalue weighted by Gasteiger charge is 2.71. The van der Waals surface area contributed by atoms with E-state index in [1.165, 1.54) is 18.2 Å². The SMILES string of the molecule is Cc1cc(OCC(O)(C(F)(F)F)C(F)(F)F)ccc1Br. The Hall–Kier alpha value is -0.960. The molecule has 0 aliphatic heterocycles. The van der Waals surface area contributed by atoms with Gasteiger partial charge in [0.25, 0.3) is 5.60 Å². The summed E-state index contributed by atoms with van der Waals surface area (Å²) in [5.41, 5.74) is -4.36. The summed E-state index contributed by atoms with van der Waals surface area (Å²) in [5.74, 6) is -0.211. The minimum absolute atomic E-state index is 0.211. The van der Waals surface area contributed by atoms with Crippen molar-refractivity contribution < 1.29 is 36.2 Å². The van der Waals surface area contributed by atoms with Crippen molar-refractivity contribution in [1.82, 2.24) is 0 Å². The zero-order chi connectivity index (χ0) is 15.8. The van der Waals surface area contributed by atoms with E-state index in [9.17, 15) is 26.3 Å². The van der Waals surface area contributed by atoms with Crippen LogP contribution in [0.25, 0.3) is 0 Å². The Morgan fingerprint density at radius 1 is 1.10 bits per heavy atom. The van der Waals surface area contributed by atoms with E-state index in [0.29, 0.717) is 10.0 Å². The molecule has 114 valence electrons. The average molecular weight is 367 g/mol. The molecule has 0 aliphatic carbocycles. The second kappa shape index (κ2) is 5.44. The molecule has 0 atom stereocenters. The molecule has 0 aliphatic rings. The van der Waals surface area contributed by atoms with Crippen LogP contribution in [0.4, 0.5) is 26.3 Å². The van der Waals surface area contributed by atoms with E-state index in [-0.39, 0.29) is 5.75 Å². The molecule has 0 amide bonds. The van der Waals surface area contributed by atoms with Gasteiger partial charge in [0.2, 0.25) is 0 Å². The van der Waals surface area contributed by atoms with Gasteiger partial charge in [0.05, 0.1) is 0 Å². The summed E-state index contributed by atoms with van der Waals surface area (Å²) in [6, 6.07) is 3.84. The lowest BCUT2D eigenvalue weighted by Gasteiger charge is -2.31. The molecule has 0 saturated heterocycles. The van der Waals surface area contributed by atoms with Crippen molar-refractivity contribution in [2.75, 3.05) is 6.61 Å². The molecule has 0 bridgehead atoms. The number of hydrogen-bond donors (Lipinski definition) is 1. The molecule has 0 unspecified atom stereocenters. The van der Waals surface area contributed by atoms with Gasteiger partial charge in [0.15, 0.2) is 0 Å². The Morgan fingerprint density at radius 3 is 2.00 bits per heavy atom. The third-order valence-electron chi connectivity index (χ3n) is 2.52. The molecule has 2 nitrogen and oxygen atoms in total. The Balaban J connectivity index is 2.96. The third kappa shape index (κ3) is 3.38. The van der Waals surface area contributed by atoms with Crippen molar-refractivity contribution in [2.24, 2.45) is 0 Å². The van der Waals surface area contributed by atoms with Crippen LogP contribution >= 0.6 is 15.9 Å². The lowest BCUT2D eigenvalue weighted by Crippen LogP contribution is -2.60. The molecular formula is C11H9BrF6O2. The van der Waals surface area contributed by atoms with Gasteiger partial charge < -0.3 is 9.84 Å². The molecule has 1 aromatic rings. The number of aryl methyl sites for hydroxylation is 1. The summed E-state index contributed by atoms with van der Waals surface area (Å²) < 4.78 is 79.4. The van der Waals surface area contributed by atoms with E-state index in [1.54, 1.807) is 6.92 Å². The number of alkyl halides is 6. The standard InChI is InChI=1S/C11H9BrF6O2/c1-6-4-7(2-3-8(6)12)20-5-9(19,10(13,14)15)11(16,17)18/h2-4,19H,5H2,1H3. The summed E-state index contributed by atoms with van der Waals surface area (Å²) in [5, 5.41) is 8.89. The van der Waals surface area contributed by atoms with Gasteiger partial charge in [-0.25, -0.2) is 0 Å². The van der Waals surface area contributed by atoms with E-state index in [1.807, 2.05) is 0 Å². The van der Waals surface area contributed by atoms with Gasteiger partial charge in [-0.15, -0.1) is 0 Å². The van der Waals surface area contributed by atoms with E-state index in [0.717, 1.165) is 0 Å². The second-order valence-corrected chi connectivity index (χ2v) is 4.91. The first kappa shape index (κ1) is 17.1. The van der Waals surface area contributed by atoms with Gasteiger partial charge in [-0.2, -0.15) is 26.3 Å². The smallest absolute Gasteiger partial charge is 0.429 e. The first-order chi connectivity index (χ1) is 8.88. The summed E-state index contributed by atoms with van der Waals surface area (Å²) in [7, 11) is 0. The van der Waals surface area contributed by atoms with Crippen LogP contribution in [0.2, 0.25) is 0 Å². The van der Waals surface area contributed by atoms with Crippen LogP contribution in [0.1, 0.15) is 5.56 Å². The summed E-state index contributed by atoms with van der Waals surface area (Å²) in [6.45, 7) is -0.391. The molecule has 1 rings (SSSR count). The predicted octanol–water partition coefficient (Wildman–Crippen LogP) is 3.99. The number of benzene rings is 1. The van der Waals surface area contributed by atoms with Crippen LogP contribution in [0.5, 0.6) is 5.75 Å². The van der Waals surface area contributed by atoms with Crippen LogP contribution < -0.4 is 4.74 Å². The van der Waals surface area contributed by atoms with Gasteiger partial charge in [-0.3, -0.25) is 0 Å². The van der Waals surface area contributed by atoms with E-state index in [4.69, 9.17) is 5.11 Å². The first-order valence-corrected chi connectivity index (χ1v) is 5.92. The molecule has 1 N–H and O–H groups in total. The van der Waals surface area contributed by atoms with Crippen LogP contribution in [0.15, 0.2) is 22.7 Å². The highest BCUT2D eigenvalue weighted by molar-refractivity contribution is 9.10. The highest BCUT2D eigenvalue weighted by atomic mass is 79.9. The number of aliphatic hydroxyl groups is 1. The molecule has 9 heteroatoms. The van der Waals surface area contributed by atoms with Crippen molar-refractivity contribution in [2.45, 2.75) is 24.9 Å². The maximum absolute atomic E-state index is 12.4. The fourth-order valence-electron chi connectivity index (χ4n) is 1.22. The van der Waals surface area contributed by atoms with Gasteiger partial charge in [-0.1, -0.05) is 15.9 Å². The van der Waals surface area contributed by atoms with Crippen molar-refractivity contribution >= 4 is 15.9 Å². The third-order valence-corrected chi connectivity index (χ3v) is 3.40. The Labute approximate surface area is 118 Å². The van der Waals surface area contributed by atoms with Crippen LogP contribution in [-0.4, -0.2) is 29.7 Å². The lowest BCUT2D eigenvalue weighted by atomic mass is 10.0. The minimum Gasteiger partial charge on any atom is -0.490 e. The highest BCUT2D eigenvalue weighted by Crippen LogP contribution is 2.43. The molecule has 0 heterocycles. The number of halogens is 7. The summed E-state index contributed by atoms with van der Waals surface area (Å²) in [4.78, 5) is 0. The van der Waals surface area contributed by atoms with Crippen molar-refractivity contribution in [3.63, 3.8) is 0 Å². The molecule has 0 saturated carbocycles. The van der Waals surface area contributed by atoms with Crippen LogP contribution in [0.3, 0.4) is 0 Å². The molecule has 0 fully saturated rings. The minimum atomic E-state index is -5.89. The fourth-order valence-corrected chi connectivity index (χ4v) is 1.47. The summed E-state index contributed by atoms with van der Waals surface area (Å²) in [6.07, 6.45) is -11.8. The molecule has 0 radical (unpaired) electrons. The Kier molecular flexibility index (Phi) is 4.65. The van der Waals surface area contributed by atoms with E-state index >= 15 is 0 Å². The first-order valence-electron chi connectivity index (χ1n) is 5.13. The molecular weight excluding hydrogens is 358 g/mol.